The third-order valence-electron chi connectivity index (χ3n) is 4.95. The molecule has 1 rings (SSSR count). The number of aromatic amines is 1. The van der Waals surface area contributed by atoms with E-state index in [4.69, 9.17) is 4.74 Å². The molecule has 7 N–H and O–H groups in total. The second kappa shape index (κ2) is 16.6. The lowest BCUT2D eigenvalue weighted by Crippen LogP contribution is -2.48. The lowest BCUT2D eigenvalue weighted by Gasteiger charge is -2.29. The Labute approximate surface area is 219 Å². The number of esters is 1. The fraction of sp³-hybridized carbons (Fsp3) is 0.636. The summed E-state index contributed by atoms with van der Waals surface area (Å²) in [6.07, 6.45) is 2.29. The van der Waals surface area contributed by atoms with Crippen molar-refractivity contribution in [3.8, 4) is 0 Å². The molecule has 2 atom stereocenters. The van der Waals surface area contributed by atoms with Gasteiger partial charge in [-0.1, -0.05) is 25.6 Å². The van der Waals surface area contributed by atoms with E-state index >= 15 is 0 Å². The van der Waals surface area contributed by atoms with E-state index in [2.05, 4.69) is 31.2 Å². The van der Waals surface area contributed by atoms with E-state index < -0.39 is 42.0 Å². The zero-order chi connectivity index (χ0) is 27.8. The van der Waals surface area contributed by atoms with E-state index in [-0.39, 0.29) is 37.3 Å². The quantitative estimate of drug-likeness (QED) is 0.0939. The number of thioether (sulfide) groups is 1. The molecule has 0 bridgehead atoms. The zero-order valence-electron chi connectivity index (χ0n) is 21.2. The zero-order valence-corrected chi connectivity index (χ0v) is 22.0. The average molecular weight is 545 g/mol. The first kappa shape index (κ1) is 31.9. The van der Waals surface area contributed by atoms with Crippen LogP contribution in [0.3, 0.4) is 0 Å². The largest absolute Gasteiger partial charge is 0.463 e. The predicted molar refractivity (Wildman–Crippen MR) is 134 cm³/mol. The van der Waals surface area contributed by atoms with Crippen LogP contribution >= 0.6 is 11.8 Å². The molecule has 0 aromatic carbocycles. The van der Waals surface area contributed by atoms with Gasteiger partial charge in [-0.05, 0) is 0 Å². The summed E-state index contributed by atoms with van der Waals surface area (Å²) >= 11 is 1.04. The Morgan fingerprint density at radius 3 is 2.49 bits per heavy atom. The van der Waals surface area contributed by atoms with Crippen molar-refractivity contribution in [1.82, 2.24) is 31.2 Å². The number of nitrogens with one attached hydrogen (secondary N) is 5. The van der Waals surface area contributed by atoms with Crippen LogP contribution in [-0.4, -0.2) is 99.9 Å². The molecule has 0 aliphatic rings. The monoisotopic (exact) mass is 544 g/mol. The summed E-state index contributed by atoms with van der Waals surface area (Å²) in [5, 5.41) is 29.4. The minimum Gasteiger partial charge on any atom is -0.463 e. The highest BCUT2D eigenvalue weighted by Crippen LogP contribution is 2.21. The lowest BCUT2D eigenvalue weighted by molar-refractivity contribution is -0.157. The molecule has 0 spiro atoms. The SMILES string of the molecule is CC(=O)N[C@@H](CO)C(=O)OCC(C)(C)[C@@H](O)C(=O)NCCC(=O)NCCSC(=O)NCCc1cnc[nH]1. The summed E-state index contributed by atoms with van der Waals surface area (Å²) in [4.78, 5) is 65.8. The molecule has 37 heavy (non-hydrogen) atoms. The van der Waals surface area contributed by atoms with Crippen molar-refractivity contribution < 1.29 is 38.9 Å². The average Bonchev–Trinajstić information content (AvgIpc) is 3.36. The van der Waals surface area contributed by atoms with Gasteiger partial charge in [0, 0.05) is 62.5 Å². The number of nitrogens with zero attached hydrogens (tertiary/aromatic N) is 1. The molecule has 0 fully saturated rings. The van der Waals surface area contributed by atoms with E-state index in [9.17, 15) is 34.2 Å². The topological polar surface area (TPSA) is 212 Å². The second-order valence-corrected chi connectivity index (χ2v) is 9.78. The van der Waals surface area contributed by atoms with Gasteiger partial charge in [0.1, 0.15) is 6.10 Å². The Bertz CT molecular complexity index is 896. The highest BCUT2D eigenvalue weighted by molar-refractivity contribution is 8.13. The normalized spacial score (nSPS) is 12.7. The highest BCUT2D eigenvalue weighted by atomic mass is 32.2. The van der Waals surface area contributed by atoms with Crippen molar-refractivity contribution in [2.75, 3.05) is 38.6 Å². The van der Waals surface area contributed by atoms with E-state index in [1.54, 1.807) is 12.5 Å². The molecule has 0 unspecified atom stereocenters. The van der Waals surface area contributed by atoms with Crippen molar-refractivity contribution in [3.05, 3.63) is 18.2 Å². The minimum atomic E-state index is -1.56. The predicted octanol–water partition coefficient (Wildman–Crippen LogP) is -1.56. The van der Waals surface area contributed by atoms with Gasteiger partial charge in [0.05, 0.1) is 19.5 Å². The van der Waals surface area contributed by atoms with Crippen molar-refractivity contribution in [2.24, 2.45) is 5.41 Å². The Kier molecular flexibility index (Phi) is 14.3. The Morgan fingerprint density at radius 1 is 1.14 bits per heavy atom. The van der Waals surface area contributed by atoms with Crippen molar-refractivity contribution in [3.63, 3.8) is 0 Å². The Morgan fingerprint density at radius 2 is 1.86 bits per heavy atom. The van der Waals surface area contributed by atoms with Crippen molar-refractivity contribution in [1.29, 1.82) is 0 Å². The fourth-order valence-electron chi connectivity index (χ4n) is 2.81. The minimum absolute atomic E-state index is 0.0338. The van der Waals surface area contributed by atoms with Crippen molar-refractivity contribution >= 4 is 40.7 Å². The van der Waals surface area contributed by atoms with Crippen LogP contribution in [-0.2, 0) is 30.3 Å². The van der Waals surface area contributed by atoms with E-state index in [0.717, 1.165) is 17.5 Å². The van der Waals surface area contributed by atoms with Gasteiger partial charge < -0.3 is 41.2 Å². The van der Waals surface area contributed by atoms with Crippen LogP contribution in [0, 0.1) is 5.41 Å². The third-order valence-corrected chi connectivity index (χ3v) is 5.76. The number of rotatable bonds is 16. The number of aliphatic hydroxyl groups excluding tert-OH is 2. The summed E-state index contributed by atoms with van der Waals surface area (Å²) in [5.74, 6) is -2.15. The van der Waals surface area contributed by atoms with Gasteiger partial charge in [-0.3, -0.25) is 19.2 Å². The second-order valence-electron chi connectivity index (χ2n) is 8.72. The molecular weight excluding hydrogens is 508 g/mol. The molecule has 208 valence electrons. The van der Waals surface area contributed by atoms with Gasteiger partial charge >= 0.3 is 5.97 Å². The molecule has 1 aromatic heterocycles. The van der Waals surface area contributed by atoms with Crippen LogP contribution < -0.4 is 21.3 Å². The van der Waals surface area contributed by atoms with E-state index in [0.29, 0.717) is 18.7 Å². The summed E-state index contributed by atoms with van der Waals surface area (Å²) in [6.45, 7) is 3.84. The van der Waals surface area contributed by atoms with Gasteiger partial charge in [0.15, 0.2) is 6.04 Å². The molecule has 1 aromatic rings. The van der Waals surface area contributed by atoms with Gasteiger partial charge in [0.2, 0.25) is 17.7 Å². The van der Waals surface area contributed by atoms with E-state index in [1.165, 1.54) is 20.8 Å². The number of amides is 4. The summed E-state index contributed by atoms with van der Waals surface area (Å²) in [5.41, 5.74) is -0.270. The fourth-order valence-corrected chi connectivity index (χ4v) is 3.40. The standard InChI is InChI=1S/C22H36N6O8S/c1-14(30)28-16(11-29)20(34)36-12-22(2,3)18(32)19(33)25-7-5-17(31)24-8-9-37-21(35)26-6-4-15-10-23-13-27-15/h10,13,16,18,29,32H,4-9,11-12H2,1-3H3,(H,23,27)(H,24,31)(H,25,33)(H,26,35)(H,28,30)/t16-,18-/m0/s1. The summed E-state index contributed by atoms with van der Waals surface area (Å²) in [7, 11) is 0. The molecule has 4 amide bonds. The van der Waals surface area contributed by atoms with Crippen LogP contribution in [0.1, 0.15) is 32.9 Å². The van der Waals surface area contributed by atoms with Gasteiger partial charge in [-0.2, -0.15) is 0 Å². The first-order valence-electron chi connectivity index (χ1n) is 11.6. The van der Waals surface area contributed by atoms with Crippen LogP contribution in [0.2, 0.25) is 0 Å². The van der Waals surface area contributed by atoms with Gasteiger partial charge in [0.25, 0.3) is 5.24 Å². The lowest BCUT2D eigenvalue weighted by atomic mass is 9.87. The molecule has 15 heteroatoms. The first-order chi connectivity index (χ1) is 17.5. The molecule has 0 saturated carbocycles. The molecular formula is C22H36N6O8S. The number of H-pyrrole nitrogens is 1. The maximum atomic E-state index is 12.3. The Hall–Kier alpha value is -3.17. The number of imidazole rings is 1. The summed E-state index contributed by atoms with van der Waals surface area (Å²) in [6, 6.07) is -1.25. The van der Waals surface area contributed by atoms with Crippen LogP contribution in [0.25, 0.3) is 0 Å². The maximum Gasteiger partial charge on any atom is 0.331 e. The Balaban J connectivity index is 2.22. The first-order valence-corrected chi connectivity index (χ1v) is 12.6. The van der Waals surface area contributed by atoms with Crippen LogP contribution in [0.15, 0.2) is 12.5 Å². The molecule has 0 saturated heterocycles. The van der Waals surface area contributed by atoms with Gasteiger partial charge in [-0.25, -0.2) is 9.78 Å². The molecule has 0 radical (unpaired) electrons. The number of aromatic nitrogens is 2. The number of ether oxygens (including phenoxy) is 1. The number of aliphatic hydroxyl groups is 2. The molecule has 0 aliphatic heterocycles. The van der Waals surface area contributed by atoms with Crippen molar-refractivity contribution in [2.45, 2.75) is 45.8 Å². The number of hydrogen-bond acceptors (Lipinski definition) is 10. The molecule has 1 heterocycles. The smallest absolute Gasteiger partial charge is 0.331 e. The van der Waals surface area contributed by atoms with Gasteiger partial charge in [-0.15, -0.1) is 0 Å². The van der Waals surface area contributed by atoms with Crippen LogP contribution in [0.5, 0.6) is 0 Å². The van der Waals surface area contributed by atoms with Crippen LogP contribution in [0.4, 0.5) is 4.79 Å². The molecule has 14 nitrogen and oxygen atoms in total. The number of carbonyl (C=O) groups is 5. The maximum absolute atomic E-state index is 12.3. The molecule has 0 aliphatic carbocycles. The number of hydrogen-bond donors (Lipinski definition) is 7. The number of carbonyl (C=O) groups excluding carboxylic acids is 5. The summed E-state index contributed by atoms with van der Waals surface area (Å²) < 4.78 is 5.03. The van der Waals surface area contributed by atoms with E-state index in [1.807, 2.05) is 0 Å². The third kappa shape index (κ3) is 13.1. The highest BCUT2D eigenvalue weighted by Gasteiger charge is 2.35.